The van der Waals surface area contributed by atoms with Crippen molar-refractivity contribution in [2.45, 2.75) is 179 Å². The lowest BCUT2D eigenvalue weighted by Crippen LogP contribution is -2.36. The molecule has 84 heavy (non-hydrogen) atoms. The zero-order valence-electron chi connectivity index (χ0n) is 48.8. The first-order valence-electron chi connectivity index (χ1n) is 33.0. The predicted octanol–water partition coefficient (Wildman–Crippen LogP) is 9.89. The molecule has 0 spiro atoms. The molecular weight excluding hydrogens is 1070 g/mol. The molecule has 456 valence electrons. The van der Waals surface area contributed by atoms with Gasteiger partial charge in [0.15, 0.2) is 0 Å². The van der Waals surface area contributed by atoms with E-state index in [0.29, 0.717) is 87.2 Å². The van der Waals surface area contributed by atoms with Crippen molar-refractivity contribution >= 4 is 47.8 Å². The number of hydrogen-bond donors (Lipinski definition) is 0. The SMILES string of the molecule is O=C1CCCC(CCOC(=O)C2CC3C=CC2C3)O1.O=C1CCCC(CCOC(=O)C2CC3CC2C2C4C=CC(C4)C32)O1.O=C1CCCC(COC(=O)C2CC3C=CC2C3)O1.O=C1CCCC(COC(=O)C2CC3CC2C2C4C=CC(C4)C32)O1. The van der Waals surface area contributed by atoms with Crippen LogP contribution in [-0.4, -0.2) is 98.6 Å². The first kappa shape index (κ1) is 57.8. The minimum absolute atomic E-state index is 0.00911. The van der Waals surface area contributed by atoms with Crippen LogP contribution in [0.3, 0.4) is 0 Å². The molecule has 16 rings (SSSR count). The third-order valence-corrected chi connectivity index (χ3v) is 23.3. The molecule has 4 aliphatic heterocycles. The first-order chi connectivity index (χ1) is 40.8. The maximum Gasteiger partial charge on any atom is 0.309 e. The number of esters is 8. The molecule has 0 N–H and O–H groups in total. The minimum Gasteiger partial charge on any atom is -0.465 e. The van der Waals surface area contributed by atoms with Gasteiger partial charge in [0.2, 0.25) is 0 Å². The summed E-state index contributed by atoms with van der Waals surface area (Å²) >= 11 is 0. The van der Waals surface area contributed by atoms with Gasteiger partial charge in [-0.2, -0.15) is 0 Å². The normalized spacial score (nSPS) is 43.4. The number of hydrogen-bond acceptors (Lipinski definition) is 16. The van der Waals surface area contributed by atoms with E-state index in [4.69, 9.17) is 37.9 Å². The number of carbonyl (C=O) groups is 8. The molecule has 4 saturated heterocycles. The Hall–Kier alpha value is -5.28. The summed E-state index contributed by atoms with van der Waals surface area (Å²) in [6, 6.07) is 0. The van der Waals surface area contributed by atoms with Crippen molar-refractivity contribution in [1.29, 1.82) is 0 Å². The van der Waals surface area contributed by atoms with E-state index in [1.807, 2.05) is 0 Å². The number of cyclic esters (lactones) is 4. The second-order valence-corrected chi connectivity index (χ2v) is 28.2. The van der Waals surface area contributed by atoms with Crippen LogP contribution in [0.15, 0.2) is 48.6 Å². The van der Waals surface area contributed by atoms with Crippen LogP contribution >= 0.6 is 0 Å². The van der Waals surface area contributed by atoms with E-state index in [-0.39, 0.29) is 109 Å². The van der Waals surface area contributed by atoms with Crippen LogP contribution in [0.2, 0.25) is 0 Å². The fourth-order valence-corrected chi connectivity index (χ4v) is 19.8. The van der Waals surface area contributed by atoms with Crippen LogP contribution < -0.4 is 0 Å². The number of fused-ring (bicyclic) bond motifs is 22. The highest BCUT2D eigenvalue weighted by Crippen LogP contribution is 2.68. The van der Waals surface area contributed by atoms with Crippen LogP contribution in [0.1, 0.15) is 154 Å². The molecule has 0 aromatic heterocycles. The Balaban J connectivity index is 0.000000105. The fraction of sp³-hybridized carbons (Fsp3) is 0.765. The van der Waals surface area contributed by atoms with E-state index < -0.39 is 0 Å². The van der Waals surface area contributed by atoms with Gasteiger partial charge >= 0.3 is 47.8 Å². The molecule has 0 radical (unpaired) electrons. The number of rotatable bonds is 14. The number of allylic oxidation sites excluding steroid dienone is 8. The highest BCUT2D eigenvalue weighted by Gasteiger charge is 2.64. The van der Waals surface area contributed by atoms with Gasteiger partial charge in [-0.3, -0.25) is 38.4 Å². The summed E-state index contributed by atoms with van der Waals surface area (Å²) in [4.78, 5) is 93.9. The van der Waals surface area contributed by atoms with Crippen LogP contribution in [-0.2, 0) is 76.3 Å². The van der Waals surface area contributed by atoms with E-state index in [9.17, 15) is 38.4 Å². The molecule has 16 nitrogen and oxygen atoms in total. The van der Waals surface area contributed by atoms with Crippen molar-refractivity contribution in [2.75, 3.05) is 26.4 Å². The van der Waals surface area contributed by atoms with Gasteiger partial charge in [-0.25, -0.2) is 0 Å². The highest BCUT2D eigenvalue weighted by atomic mass is 16.6. The Labute approximate surface area is 494 Å². The summed E-state index contributed by atoms with van der Waals surface area (Å²) in [6.45, 7) is 1.24. The molecule has 0 aromatic carbocycles. The second kappa shape index (κ2) is 25.2. The predicted molar refractivity (Wildman–Crippen MR) is 301 cm³/mol. The summed E-state index contributed by atoms with van der Waals surface area (Å²) in [5.74, 6) is 10.2. The van der Waals surface area contributed by atoms with Crippen molar-refractivity contribution in [3.05, 3.63) is 48.6 Å². The Kier molecular flexibility index (Phi) is 17.3. The second-order valence-electron chi connectivity index (χ2n) is 28.2. The number of carbonyl (C=O) groups excluding carboxylic acids is 8. The third-order valence-electron chi connectivity index (χ3n) is 23.3. The lowest BCUT2D eigenvalue weighted by atomic mass is 9.69. The van der Waals surface area contributed by atoms with Crippen molar-refractivity contribution in [3.63, 3.8) is 0 Å². The van der Waals surface area contributed by atoms with Crippen molar-refractivity contribution in [2.24, 2.45) is 118 Å². The largest absolute Gasteiger partial charge is 0.465 e. The van der Waals surface area contributed by atoms with Gasteiger partial charge in [-0.1, -0.05) is 48.6 Å². The Morgan fingerprint density at radius 2 is 0.702 bits per heavy atom. The molecule has 8 saturated carbocycles. The Morgan fingerprint density at radius 1 is 0.357 bits per heavy atom. The molecule has 0 amide bonds. The summed E-state index contributed by atoms with van der Waals surface area (Å²) < 4.78 is 42.7. The molecule has 12 fully saturated rings. The summed E-state index contributed by atoms with van der Waals surface area (Å²) in [5, 5.41) is 0. The third kappa shape index (κ3) is 12.4. The van der Waals surface area contributed by atoms with Crippen LogP contribution in [0.4, 0.5) is 0 Å². The lowest BCUT2D eigenvalue weighted by molar-refractivity contribution is -0.166. The standard InChI is InChI=1S/C20H26O4.C19H24O4.C15H20O4.C14H18O4/c21-17-3-1-2-14(24-17)6-7-23-20(22)16-10-13-9-15(16)19-12-5-4-11(8-12)18(13)19;20-16-3-1-2-13(23-16)9-22-19(21)15-8-12-7-14(15)18-11-5-4-10(6-11)17(12)18;16-14-3-1-2-12(19-14)6-7-18-15(17)13-9-10-4-5-11(13)8-10;15-13-3-1-2-11(18-13)8-17-14(16)12-7-9-4-5-10(12)6-9/h4-5,11-16,18-19H,1-3,6-10H2;4-5,10-15,17-18H,1-3,6-9H2;4-5,10-13H,1-3,6-9H2;4-5,9-12H,1-3,6-8H2. The smallest absolute Gasteiger partial charge is 0.309 e. The fourth-order valence-electron chi connectivity index (χ4n) is 19.8. The molecule has 16 aliphatic rings. The zero-order valence-corrected chi connectivity index (χ0v) is 48.8. The summed E-state index contributed by atoms with van der Waals surface area (Å²) in [6.07, 6.45) is 39.2. The van der Waals surface area contributed by atoms with Gasteiger partial charge in [0.25, 0.3) is 0 Å². The molecule has 24 atom stereocenters. The molecule has 16 heteroatoms. The van der Waals surface area contributed by atoms with Gasteiger partial charge in [-0.05, 0) is 210 Å². The molecule has 4 heterocycles. The van der Waals surface area contributed by atoms with Crippen molar-refractivity contribution in [1.82, 2.24) is 0 Å². The van der Waals surface area contributed by atoms with E-state index >= 15 is 0 Å². The van der Waals surface area contributed by atoms with E-state index in [1.165, 1.54) is 25.7 Å². The van der Waals surface area contributed by atoms with Gasteiger partial charge in [-0.15, -0.1) is 0 Å². The summed E-state index contributed by atoms with van der Waals surface area (Å²) in [5.41, 5.74) is 0. The van der Waals surface area contributed by atoms with E-state index in [0.717, 1.165) is 149 Å². The summed E-state index contributed by atoms with van der Waals surface area (Å²) in [7, 11) is 0. The van der Waals surface area contributed by atoms with E-state index in [2.05, 4.69) is 48.6 Å². The zero-order chi connectivity index (χ0) is 57.6. The number of ether oxygens (including phenoxy) is 8. The van der Waals surface area contributed by atoms with Gasteiger partial charge in [0, 0.05) is 38.5 Å². The Morgan fingerprint density at radius 3 is 1.08 bits per heavy atom. The maximum absolute atomic E-state index is 12.6. The molecule has 12 bridgehead atoms. The van der Waals surface area contributed by atoms with Crippen molar-refractivity contribution < 1.29 is 76.3 Å². The van der Waals surface area contributed by atoms with Gasteiger partial charge < -0.3 is 37.9 Å². The lowest BCUT2D eigenvalue weighted by Gasteiger charge is -2.35. The van der Waals surface area contributed by atoms with Crippen LogP contribution in [0, 0.1) is 118 Å². The average molecular weight is 1160 g/mol. The van der Waals surface area contributed by atoms with Crippen LogP contribution in [0.25, 0.3) is 0 Å². The molecule has 12 aliphatic carbocycles. The minimum atomic E-state index is -0.232. The average Bonchev–Trinajstić information content (AvgIpc) is 1.98. The topological polar surface area (TPSA) is 210 Å². The van der Waals surface area contributed by atoms with E-state index in [1.54, 1.807) is 0 Å². The highest BCUT2D eigenvalue weighted by molar-refractivity contribution is 5.76. The quantitative estimate of drug-likeness (QED) is 0.0685. The van der Waals surface area contributed by atoms with Crippen molar-refractivity contribution in [3.8, 4) is 0 Å². The molecule has 24 unspecified atom stereocenters. The monoisotopic (exact) mass is 1160 g/mol. The molecular formula is C68H88O16. The van der Waals surface area contributed by atoms with Gasteiger partial charge in [0.1, 0.15) is 37.6 Å². The first-order valence-corrected chi connectivity index (χ1v) is 33.0. The Bertz CT molecular complexity index is 2640. The van der Waals surface area contributed by atoms with Crippen LogP contribution in [0.5, 0.6) is 0 Å². The van der Waals surface area contributed by atoms with Gasteiger partial charge in [0.05, 0.1) is 36.9 Å². The molecule has 0 aromatic rings. The maximum atomic E-state index is 12.6.